The lowest BCUT2D eigenvalue weighted by molar-refractivity contribution is -0.153. The van der Waals surface area contributed by atoms with Crippen LogP contribution in [-0.2, 0) is 14.4 Å². The smallest absolute Gasteiger partial charge is 0.326 e. The number of rotatable bonds is 3. The van der Waals surface area contributed by atoms with Crippen LogP contribution in [0.4, 0.5) is 0 Å². The number of amides is 2. The molecule has 3 rings (SSSR count). The molecule has 2 saturated heterocycles. The van der Waals surface area contributed by atoms with Crippen LogP contribution in [0.1, 0.15) is 58.3 Å². The molecule has 3 fully saturated rings. The second-order valence-electron chi connectivity index (χ2n) is 7.74. The first-order valence-corrected chi connectivity index (χ1v) is 9.30. The molecule has 0 aromatic heterocycles. The molecular weight excluding hydrogens is 308 g/mol. The van der Waals surface area contributed by atoms with Gasteiger partial charge in [-0.05, 0) is 50.9 Å². The molecule has 0 aromatic carbocycles. The Hall–Kier alpha value is -1.59. The number of carboxylic acid groups (broad SMARTS) is 1. The van der Waals surface area contributed by atoms with Crippen LogP contribution in [0.15, 0.2) is 0 Å². The molecule has 1 saturated carbocycles. The number of carboxylic acids is 1. The number of carbonyl (C=O) groups is 3. The lowest BCUT2D eigenvalue weighted by Crippen LogP contribution is -2.50. The van der Waals surface area contributed by atoms with Crippen LogP contribution >= 0.6 is 0 Å². The van der Waals surface area contributed by atoms with Gasteiger partial charge in [0.2, 0.25) is 11.8 Å². The van der Waals surface area contributed by atoms with Crippen LogP contribution in [0.25, 0.3) is 0 Å². The van der Waals surface area contributed by atoms with Gasteiger partial charge in [-0.15, -0.1) is 0 Å². The Morgan fingerprint density at radius 2 is 1.79 bits per heavy atom. The average molecular weight is 336 g/mol. The van der Waals surface area contributed by atoms with Crippen molar-refractivity contribution >= 4 is 17.8 Å². The van der Waals surface area contributed by atoms with Crippen molar-refractivity contribution in [2.45, 2.75) is 70.4 Å². The lowest BCUT2D eigenvalue weighted by atomic mass is 9.86. The molecule has 2 atom stereocenters. The zero-order valence-electron chi connectivity index (χ0n) is 14.4. The molecule has 0 bridgehead atoms. The number of aliphatic carboxylic acids is 1. The van der Waals surface area contributed by atoms with Crippen LogP contribution in [0.5, 0.6) is 0 Å². The van der Waals surface area contributed by atoms with Crippen molar-refractivity contribution in [3.63, 3.8) is 0 Å². The van der Waals surface area contributed by atoms with Gasteiger partial charge in [0.15, 0.2) is 0 Å². The Labute approximate surface area is 143 Å². The first-order valence-electron chi connectivity index (χ1n) is 9.30. The second kappa shape index (κ2) is 7.11. The van der Waals surface area contributed by atoms with E-state index in [1.54, 1.807) is 0 Å². The fourth-order valence-electron chi connectivity index (χ4n) is 4.49. The van der Waals surface area contributed by atoms with E-state index in [0.717, 1.165) is 44.4 Å². The zero-order valence-corrected chi connectivity index (χ0v) is 14.4. The summed E-state index contributed by atoms with van der Waals surface area (Å²) in [7, 11) is 0. The van der Waals surface area contributed by atoms with Gasteiger partial charge in [-0.25, -0.2) is 4.79 Å². The minimum Gasteiger partial charge on any atom is -0.480 e. The van der Waals surface area contributed by atoms with E-state index in [2.05, 4.69) is 6.92 Å². The first kappa shape index (κ1) is 17.2. The summed E-state index contributed by atoms with van der Waals surface area (Å²) >= 11 is 0. The predicted molar refractivity (Wildman–Crippen MR) is 88.2 cm³/mol. The molecule has 134 valence electrons. The van der Waals surface area contributed by atoms with Crippen molar-refractivity contribution in [1.29, 1.82) is 0 Å². The third-order valence-electron chi connectivity index (χ3n) is 6.00. The number of likely N-dealkylation sites (tertiary alicyclic amines) is 2. The normalized spacial score (nSPS) is 34.5. The summed E-state index contributed by atoms with van der Waals surface area (Å²) in [4.78, 5) is 40.1. The molecule has 1 aliphatic carbocycles. The van der Waals surface area contributed by atoms with Crippen LogP contribution in [0.2, 0.25) is 0 Å². The molecule has 2 heterocycles. The monoisotopic (exact) mass is 336 g/mol. The average Bonchev–Trinajstić information content (AvgIpc) is 2.96. The summed E-state index contributed by atoms with van der Waals surface area (Å²) in [6.07, 6.45) is 6.78. The maximum absolute atomic E-state index is 12.8. The van der Waals surface area contributed by atoms with Gasteiger partial charge >= 0.3 is 5.97 Å². The second-order valence-corrected chi connectivity index (χ2v) is 7.74. The van der Waals surface area contributed by atoms with E-state index >= 15 is 0 Å². The van der Waals surface area contributed by atoms with Gasteiger partial charge in [-0.2, -0.15) is 0 Å². The third kappa shape index (κ3) is 3.42. The van der Waals surface area contributed by atoms with Crippen molar-refractivity contribution in [3.05, 3.63) is 0 Å². The molecule has 0 unspecified atom stereocenters. The predicted octanol–water partition coefficient (Wildman–Crippen LogP) is 1.88. The van der Waals surface area contributed by atoms with Gasteiger partial charge in [-0.1, -0.05) is 6.92 Å². The van der Waals surface area contributed by atoms with E-state index < -0.39 is 12.0 Å². The minimum atomic E-state index is -0.925. The van der Waals surface area contributed by atoms with Gasteiger partial charge in [0.05, 0.1) is 5.92 Å². The highest BCUT2D eigenvalue weighted by molar-refractivity contribution is 5.91. The molecule has 2 amide bonds. The van der Waals surface area contributed by atoms with E-state index in [9.17, 15) is 19.5 Å². The Balaban J connectivity index is 1.64. The molecule has 0 radical (unpaired) electrons. The molecule has 6 heteroatoms. The zero-order chi connectivity index (χ0) is 17.3. The lowest BCUT2D eigenvalue weighted by Gasteiger charge is -2.35. The SMILES string of the molecule is CC1CCC(N2C[C@@H](C(=O)N3CCCC[C@@H]3C(=O)O)CC2=O)CC1. The number of hydrogen-bond donors (Lipinski definition) is 1. The largest absolute Gasteiger partial charge is 0.480 e. The number of nitrogens with zero attached hydrogens (tertiary/aromatic N) is 2. The minimum absolute atomic E-state index is 0.0665. The van der Waals surface area contributed by atoms with Gasteiger partial charge < -0.3 is 14.9 Å². The Bertz CT molecular complexity index is 513. The van der Waals surface area contributed by atoms with E-state index in [1.165, 1.54) is 4.90 Å². The highest BCUT2D eigenvalue weighted by Crippen LogP contribution is 2.32. The van der Waals surface area contributed by atoms with E-state index in [4.69, 9.17) is 0 Å². The fraction of sp³-hybridized carbons (Fsp3) is 0.833. The van der Waals surface area contributed by atoms with Crippen molar-refractivity contribution in [2.75, 3.05) is 13.1 Å². The standard InChI is InChI=1S/C18H28N2O4/c1-12-5-7-14(8-6-12)20-11-13(10-16(20)21)17(22)19-9-3-2-4-15(19)18(23)24/h12-15H,2-11H2,1H3,(H,23,24)/t12?,13-,14?,15+/m0/s1. The summed E-state index contributed by atoms with van der Waals surface area (Å²) in [5, 5.41) is 9.36. The number of carbonyl (C=O) groups excluding carboxylic acids is 2. The van der Waals surface area contributed by atoms with E-state index in [-0.39, 0.29) is 30.2 Å². The maximum Gasteiger partial charge on any atom is 0.326 e. The van der Waals surface area contributed by atoms with Crippen molar-refractivity contribution in [2.24, 2.45) is 11.8 Å². The summed E-state index contributed by atoms with van der Waals surface area (Å²) in [6, 6.07) is -0.450. The molecule has 3 aliphatic rings. The molecule has 0 spiro atoms. The summed E-state index contributed by atoms with van der Waals surface area (Å²) in [5.41, 5.74) is 0. The quantitative estimate of drug-likeness (QED) is 0.853. The summed E-state index contributed by atoms with van der Waals surface area (Å²) in [5.74, 6) is -0.637. The highest BCUT2D eigenvalue weighted by Gasteiger charge is 2.42. The van der Waals surface area contributed by atoms with Gasteiger partial charge in [-0.3, -0.25) is 9.59 Å². The van der Waals surface area contributed by atoms with Crippen molar-refractivity contribution < 1.29 is 19.5 Å². The number of hydrogen-bond acceptors (Lipinski definition) is 3. The molecular formula is C18H28N2O4. The van der Waals surface area contributed by atoms with Gasteiger partial charge in [0.1, 0.15) is 6.04 Å². The fourth-order valence-corrected chi connectivity index (χ4v) is 4.49. The Morgan fingerprint density at radius 1 is 1.08 bits per heavy atom. The Kier molecular flexibility index (Phi) is 5.11. The number of piperidine rings is 1. The van der Waals surface area contributed by atoms with Crippen molar-refractivity contribution in [3.8, 4) is 0 Å². The van der Waals surface area contributed by atoms with Gasteiger partial charge in [0, 0.05) is 25.6 Å². The summed E-state index contributed by atoms with van der Waals surface area (Å²) in [6.45, 7) is 3.22. The van der Waals surface area contributed by atoms with Gasteiger partial charge in [0.25, 0.3) is 0 Å². The highest BCUT2D eigenvalue weighted by atomic mass is 16.4. The van der Waals surface area contributed by atoms with E-state index in [1.807, 2.05) is 4.90 Å². The van der Waals surface area contributed by atoms with Crippen LogP contribution in [0.3, 0.4) is 0 Å². The third-order valence-corrected chi connectivity index (χ3v) is 6.00. The maximum atomic E-state index is 12.8. The topological polar surface area (TPSA) is 77.9 Å². The molecule has 24 heavy (non-hydrogen) atoms. The summed E-state index contributed by atoms with van der Waals surface area (Å²) < 4.78 is 0. The first-order chi connectivity index (χ1) is 11.5. The molecule has 1 N–H and O–H groups in total. The van der Waals surface area contributed by atoms with Crippen LogP contribution < -0.4 is 0 Å². The Morgan fingerprint density at radius 3 is 2.46 bits per heavy atom. The molecule has 2 aliphatic heterocycles. The molecule has 0 aromatic rings. The van der Waals surface area contributed by atoms with Crippen molar-refractivity contribution in [1.82, 2.24) is 9.80 Å². The van der Waals surface area contributed by atoms with Crippen LogP contribution in [-0.4, -0.2) is 57.9 Å². The van der Waals surface area contributed by atoms with Crippen LogP contribution in [0, 0.1) is 11.8 Å². The molecule has 6 nitrogen and oxygen atoms in total. The van der Waals surface area contributed by atoms with E-state index in [0.29, 0.717) is 19.5 Å².